The average Bonchev–Trinajstić information content (AvgIpc) is 2.58. The molecule has 102 valence electrons. The van der Waals surface area contributed by atoms with E-state index in [-0.39, 0.29) is 0 Å². The lowest BCUT2D eigenvalue weighted by Crippen LogP contribution is -2.38. The second kappa shape index (κ2) is 5.94. The minimum Gasteiger partial charge on any atom is -0.497 e. The molecule has 4 heteroatoms. The van der Waals surface area contributed by atoms with Crippen LogP contribution in [-0.4, -0.2) is 44.7 Å². The topological polar surface area (TPSA) is 39.5 Å². The van der Waals surface area contributed by atoms with E-state index in [4.69, 9.17) is 4.74 Å². The lowest BCUT2D eigenvalue weighted by molar-refractivity contribution is 0.337. The summed E-state index contributed by atoms with van der Waals surface area (Å²) in [5.74, 6) is 0.804. The number of benzene rings is 1. The first kappa shape index (κ1) is 13.7. The molecule has 2 rings (SSSR count). The molecule has 1 atom stereocenters. The van der Waals surface area contributed by atoms with Gasteiger partial charge in [-0.3, -0.25) is 0 Å². The highest BCUT2D eigenvalue weighted by Gasteiger charge is 2.22. The first-order valence-corrected chi connectivity index (χ1v) is 6.69. The van der Waals surface area contributed by atoms with Gasteiger partial charge in [-0.15, -0.1) is 0 Å². The maximum atomic E-state index is 9.29. The van der Waals surface area contributed by atoms with Crippen molar-refractivity contribution in [1.82, 2.24) is 4.90 Å². The molecule has 4 nitrogen and oxygen atoms in total. The van der Waals surface area contributed by atoms with E-state index in [0.29, 0.717) is 6.04 Å². The van der Waals surface area contributed by atoms with Crippen molar-refractivity contribution in [1.29, 1.82) is 5.26 Å². The van der Waals surface area contributed by atoms with Crippen LogP contribution in [0.3, 0.4) is 0 Å². The molecule has 1 aromatic rings. The lowest BCUT2D eigenvalue weighted by atomic mass is 10.1. The third-order valence-corrected chi connectivity index (χ3v) is 3.68. The summed E-state index contributed by atoms with van der Waals surface area (Å²) in [6, 6.07) is 8.34. The molecule has 1 unspecified atom stereocenters. The molecule has 0 spiro atoms. The molecule has 1 aromatic carbocycles. The Kier molecular flexibility index (Phi) is 4.28. The minimum atomic E-state index is 0.395. The first-order chi connectivity index (χ1) is 9.15. The monoisotopic (exact) mass is 259 g/mol. The lowest BCUT2D eigenvalue weighted by Gasteiger charge is -2.31. The molecule has 0 N–H and O–H groups in total. The summed E-state index contributed by atoms with van der Waals surface area (Å²) in [4.78, 5) is 4.67. The quantitative estimate of drug-likeness (QED) is 0.815. The van der Waals surface area contributed by atoms with Gasteiger partial charge in [0.15, 0.2) is 0 Å². The fourth-order valence-electron chi connectivity index (χ4n) is 2.70. The zero-order valence-electron chi connectivity index (χ0n) is 11.9. The van der Waals surface area contributed by atoms with Crippen molar-refractivity contribution in [3.05, 3.63) is 23.8 Å². The summed E-state index contributed by atoms with van der Waals surface area (Å²) in [6.07, 6.45) is 1.11. The Morgan fingerprint density at radius 1 is 1.37 bits per heavy atom. The number of nitriles is 1. The summed E-state index contributed by atoms with van der Waals surface area (Å²) in [7, 11) is 3.81. The van der Waals surface area contributed by atoms with Gasteiger partial charge < -0.3 is 14.5 Å². The third-order valence-electron chi connectivity index (χ3n) is 3.68. The number of rotatable bonds is 2. The molecule has 1 aliphatic rings. The van der Waals surface area contributed by atoms with Crippen molar-refractivity contribution in [3.8, 4) is 11.8 Å². The highest BCUT2D eigenvalue weighted by molar-refractivity contribution is 5.62. The van der Waals surface area contributed by atoms with E-state index in [0.717, 1.165) is 43.1 Å². The number of methoxy groups -OCH3 is 1. The molecule has 0 aliphatic carbocycles. The fourth-order valence-corrected chi connectivity index (χ4v) is 2.70. The SMILES string of the molecule is COc1ccc(C#N)c(N2CCCN(C)CC2C)c1. The average molecular weight is 259 g/mol. The molecule has 1 saturated heterocycles. The van der Waals surface area contributed by atoms with Crippen LogP contribution in [0, 0.1) is 11.3 Å². The zero-order chi connectivity index (χ0) is 13.8. The molecular formula is C15H21N3O. The van der Waals surface area contributed by atoms with E-state index in [9.17, 15) is 5.26 Å². The number of anilines is 1. The van der Waals surface area contributed by atoms with Crippen LogP contribution >= 0.6 is 0 Å². The van der Waals surface area contributed by atoms with Gasteiger partial charge in [0, 0.05) is 25.2 Å². The van der Waals surface area contributed by atoms with Crippen molar-refractivity contribution in [2.24, 2.45) is 0 Å². The van der Waals surface area contributed by atoms with Gasteiger partial charge in [-0.1, -0.05) is 0 Å². The Morgan fingerprint density at radius 3 is 2.84 bits per heavy atom. The molecule has 19 heavy (non-hydrogen) atoms. The summed E-state index contributed by atoms with van der Waals surface area (Å²) in [5.41, 5.74) is 1.71. The normalized spacial score (nSPS) is 20.7. The molecule has 1 fully saturated rings. The van der Waals surface area contributed by atoms with Crippen molar-refractivity contribution >= 4 is 5.69 Å². The van der Waals surface area contributed by atoms with Crippen molar-refractivity contribution in [3.63, 3.8) is 0 Å². The van der Waals surface area contributed by atoms with E-state index in [1.54, 1.807) is 7.11 Å². The Balaban J connectivity index is 2.36. The second-order valence-corrected chi connectivity index (χ2v) is 5.15. The second-order valence-electron chi connectivity index (χ2n) is 5.15. The predicted octanol–water partition coefficient (Wildman–Crippen LogP) is 2.10. The molecule has 0 radical (unpaired) electrons. The van der Waals surface area contributed by atoms with Gasteiger partial charge in [-0.25, -0.2) is 0 Å². The van der Waals surface area contributed by atoms with E-state index in [1.165, 1.54) is 0 Å². The number of ether oxygens (including phenoxy) is 1. The number of hydrogen-bond acceptors (Lipinski definition) is 4. The maximum absolute atomic E-state index is 9.29. The zero-order valence-corrected chi connectivity index (χ0v) is 11.9. The van der Waals surface area contributed by atoms with E-state index in [1.807, 2.05) is 18.2 Å². The largest absolute Gasteiger partial charge is 0.497 e. The molecular weight excluding hydrogens is 238 g/mol. The van der Waals surface area contributed by atoms with Gasteiger partial charge in [-0.2, -0.15) is 5.26 Å². The van der Waals surface area contributed by atoms with Crippen LogP contribution in [0.15, 0.2) is 18.2 Å². The first-order valence-electron chi connectivity index (χ1n) is 6.69. The fraction of sp³-hybridized carbons (Fsp3) is 0.533. The minimum absolute atomic E-state index is 0.395. The number of likely N-dealkylation sites (N-methyl/N-ethyl adjacent to an activating group) is 1. The highest BCUT2D eigenvalue weighted by Crippen LogP contribution is 2.28. The van der Waals surface area contributed by atoms with Crippen LogP contribution in [0.5, 0.6) is 5.75 Å². The molecule has 0 bridgehead atoms. The van der Waals surface area contributed by atoms with Gasteiger partial charge in [0.05, 0.1) is 18.4 Å². The molecule has 1 aliphatic heterocycles. The van der Waals surface area contributed by atoms with E-state index < -0.39 is 0 Å². The van der Waals surface area contributed by atoms with Crippen LogP contribution < -0.4 is 9.64 Å². The summed E-state index contributed by atoms with van der Waals surface area (Å²) in [6.45, 7) is 5.31. The van der Waals surface area contributed by atoms with Crippen LogP contribution in [0.4, 0.5) is 5.69 Å². The summed E-state index contributed by atoms with van der Waals surface area (Å²) in [5, 5.41) is 9.29. The van der Waals surface area contributed by atoms with Crippen LogP contribution in [0.2, 0.25) is 0 Å². The van der Waals surface area contributed by atoms with Crippen molar-refractivity contribution < 1.29 is 4.74 Å². The smallest absolute Gasteiger partial charge is 0.121 e. The Labute approximate surface area is 115 Å². The Morgan fingerprint density at radius 2 is 2.16 bits per heavy atom. The van der Waals surface area contributed by atoms with Gasteiger partial charge in [-0.05, 0) is 39.1 Å². The third kappa shape index (κ3) is 2.99. The van der Waals surface area contributed by atoms with Crippen LogP contribution in [0.25, 0.3) is 0 Å². The van der Waals surface area contributed by atoms with Crippen LogP contribution in [0.1, 0.15) is 18.9 Å². The summed E-state index contributed by atoms with van der Waals surface area (Å²) >= 11 is 0. The van der Waals surface area contributed by atoms with E-state index >= 15 is 0 Å². The van der Waals surface area contributed by atoms with Gasteiger partial charge >= 0.3 is 0 Å². The van der Waals surface area contributed by atoms with E-state index in [2.05, 4.69) is 29.8 Å². The van der Waals surface area contributed by atoms with Crippen molar-refractivity contribution in [2.45, 2.75) is 19.4 Å². The van der Waals surface area contributed by atoms with Gasteiger partial charge in [0.1, 0.15) is 11.8 Å². The van der Waals surface area contributed by atoms with Crippen molar-refractivity contribution in [2.75, 3.05) is 38.7 Å². The Hall–Kier alpha value is -1.73. The maximum Gasteiger partial charge on any atom is 0.121 e. The molecule has 0 amide bonds. The van der Waals surface area contributed by atoms with Gasteiger partial charge in [0.25, 0.3) is 0 Å². The molecule has 0 aromatic heterocycles. The standard InChI is InChI=1S/C15H21N3O/c1-12-11-17(2)7-4-8-18(12)15-9-14(19-3)6-5-13(15)10-16/h5-6,9,12H,4,7-8,11H2,1-3H3. The molecule has 0 saturated carbocycles. The number of hydrogen-bond donors (Lipinski definition) is 0. The summed E-state index contributed by atoms with van der Waals surface area (Å²) < 4.78 is 5.29. The molecule has 1 heterocycles. The predicted molar refractivity (Wildman–Crippen MR) is 76.6 cm³/mol. The highest BCUT2D eigenvalue weighted by atomic mass is 16.5. The Bertz CT molecular complexity index is 481. The van der Waals surface area contributed by atoms with Crippen LogP contribution in [-0.2, 0) is 0 Å². The van der Waals surface area contributed by atoms with Gasteiger partial charge in [0.2, 0.25) is 0 Å². The number of nitrogens with zero attached hydrogens (tertiary/aromatic N) is 3.